The molecule has 1 aromatic heterocycles. The van der Waals surface area contributed by atoms with Gasteiger partial charge in [0, 0.05) is 30.2 Å². The van der Waals surface area contributed by atoms with Gasteiger partial charge < -0.3 is 4.98 Å². The first-order valence-corrected chi connectivity index (χ1v) is 9.39. The predicted molar refractivity (Wildman–Crippen MR) is 86.1 cm³/mol. The van der Waals surface area contributed by atoms with E-state index in [0.29, 0.717) is 19.0 Å². The van der Waals surface area contributed by atoms with E-state index in [-0.39, 0.29) is 0 Å². The summed E-state index contributed by atoms with van der Waals surface area (Å²) in [5, 5.41) is 1.30. The number of H-pyrrole nitrogens is 1. The first-order valence-electron chi connectivity index (χ1n) is 7.54. The van der Waals surface area contributed by atoms with Crippen molar-refractivity contribution < 1.29 is 8.42 Å². The molecule has 2 heterocycles. The number of hydrogen-bond donors (Lipinski definition) is 1. The minimum absolute atomic E-state index is 0.448. The highest BCUT2D eigenvalue weighted by atomic mass is 32.2. The van der Waals surface area contributed by atoms with Crippen LogP contribution in [0.5, 0.6) is 0 Å². The Morgan fingerprint density at radius 2 is 2.00 bits per heavy atom. The van der Waals surface area contributed by atoms with Gasteiger partial charge in [0.25, 0.3) is 0 Å². The molecule has 0 amide bonds. The van der Waals surface area contributed by atoms with Crippen LogP contribution >= 0.6 is 0 Å². The van der Waals surface area contributed by atoms with Gasteiger partial charge in [-0.15, -0.1) is 0 Å². The maximum atomic E-state index is 11.6. The van der Waals surface area contributed by atoms with Crippen molar-refractivity contribution in [3.8, 4) is 0 Å². The highest BCUT2D eigenvalue weighted by molar-refractivity contribution is 7.88. The lowest BCUT2D eigenvalue weighted by molar-refractivity contribution is 0.322. The number of aromatic amines is 1. The minimum Gasteiger partial charge on any atom is -0.361 e. The number of nitrogens with zero attached hydrogens (tertiary/aromatic N) is 1. The van der Waals surface area contributed by atoms with Crippen LogP contribution < -0.4 is 0 Å². The Kier molecular flexibility index (Phi) is 3.80. The van der Waals surface area contributed by atoms with Crippen molar-refractivity contribution in [3.63, 3.8) is 0 Å². The van der Waals surface area contributed by atoms with Crippen LogP contribution in [0.15, 0.2) is 24.4 Å². The highest BCUT2D eigenvalue weighted by Gasteiger charge is 2.27. The number of benzene rings is 1. The van der Waals surface area contributed by atoms with Crippen LogP contribution in [0.25, 0.3) is 10.9 Å². The molecular weight excluding hydrogens is 284 g/mol. The molecule has 0 radical (unpaired) electrons. The van der Waals surface area contributed by atoms with Crippen LogP contribution in [-0.4, -0.2) is 37.1 Å². The molecule has 1 aliphatic rings. The van der Waals surface area contributed by atoms with E-state index in [9.17, 15) is 8.42 Å². The van der Waals surface area contributed by atoms with E-state index < -0.39 is 10.0 Å². The van der Waals surface area contributed by atoms with Crippen LogP contribution in [0.2, 0.25) is 0 Å². The number of fused-ring (bicyclic) bond motifs is 1. The summed E-state index contributed by atoms with van der Waals surface area (Å²) in [6, 6.07) is 6.45. The molecule has 0 saturated carbocycles. The molecule has 1 aromatic carbocycles. The Balaban J connectivity index is 1.86. The summed E-state index contributed by atoms with van der Waals surface area (Å²) in [5.74, 6) is 0.448. The van der Waals surface area contributed by atoms with Crippen molar-refractivity contribution in [3.05, 3.63) is 35.5 Å². The van der Waals surface area contributed by atoms with E-state index in [0.717, 1.165) is 19.3 Å². The summed E-state index contributed by atoms with van der Waals surface area (Å²) in [5.41, 5.74) is 3.92. The zero-order valence-corrected chi connectivity index (χ0v) is 13.4. The van der Waals surface area contributed by atoms with Crippen molar-refractivity contribution >= 4 is 20.9 Å². The average molecular weight is 306 g/mol. The van der Waals surface area contributed by atoms with E-state index in [4.69, 9.17) is 0 Å². The molecular formula is C16H22N2O2S. The number of hydrogen-bond acceptors (Lipinski definition) is 2. The zero-order chi connectivity index (χ0) is 15.0. The normalized spacial score (nSPS) is 18.4. The summed E-state index contributed by atoms with van der Waals surface area (Å²) >= 11 is 0. The van der Waals surface area contributed by atoms with E-state index in [1.165, 1.54) is 28.3 Å². The summed E-state index contributed by atoms with van der Waals surface area (Å²) in [6.07, 6.45) is 6.23. The molecule has 3 rings (SSSR count). The largest absolute Gasteiger partial charge is 0.361 e. The quantitative estimate of drug-likeness (QED) is 0.948. The Hall–Kier alpha value is -1.33. The number of sulfonamides is 1. The summed E-state index contributed by atoms with van der Waals surface area (Å²) in [4.78, 5) is 3.41. The Morgan fingerprint density at radius 3 is 2.62 bits per heavy atom. The van der Waals surface area contributed by atoms with Crippen molar-refractivity contribution in [2.45, 2.75) is 32.1 Å². The van der Waals surface area contributed by atoms with Crippen molar-refractivity contribution in [1.82, 2.24) is 9.29 Å². The molecule has 1 fully saturated rings. The van der Waals surface area contributed by atoms with Gasteiger partial charge >= 0.3 is 0 Å². The van der Waals surface area contributed by atoms with Gasteiger partial charge in [-0.05, 0) is 36.3 Å². The van der Waals surface area contributed by atoms with Crippen molar-refractivity contribution in [1.29, 1.82) is 0 Å². The first kappa shape index (κ1) is 14.6. The third kappa shape index (κ3) is 2.72. The minimum atomic E-state index is -3.05. The lowest BCUT2D eigenvalue weighted by Crippen LogP contribution is -2.37. The second-order valence-electron chi connectivity index (χ2n) is 5.87. The zero-order valence-electron chi connectivity index (χ0n) is 12.6. The first-order chi connectivity index (χ1) is 10.0. The van der Waals surface area contributed by atoms with Gasteiger partial charge in [0.05, 0.1) is 6.26 Å². The molecule has 5 heteroatoms. The molecule has 0 unspecified atom stereocenters. The van der Waals surface area contributed by atoms with E-state index in [2.05, 4.69) is 36.3 Å². The fourth-order valence-corrected chi connectivity index (χ4v) is 4.24. The molecule has 0 spiro atoms. The molecule has 1 saturated heterocycles. The van der Waals surface area contributed by atoms with Gasteiger partial charge in [0.1, 0.15) is 0 Å². The van der Waals surface area contributed by atoms with Crippen LogP contribution in [0, 0.1) is 0 Å². The van der Waals surface area contributed by atoms with Gasteiger partial charge in [-0.2, -0.15) is 0 Å². The fourth-order valence-electron chi connectivity index (χ4n) is 3.37. The molecule has 0 bridgehead atoms. The average Bonchev–Trinajstić information content (AvgIpc) is 2.90. The van der Waals surface area contributed by atoms with Gasteiger partial charge in [-0.1, -0.05) is 25.1 Å². The van der Waals surface area contributed by atoms with E-state index in [1.54, 1.807) is 4.31 Å². The SMILES string of the molecule is CCc1cccc2c(C3CCN(S(C)(=O)=O)CC3)c[nH]c12. The van der Waals surface area contributed by atoms with Crippen LogP contribution in [0.3, 0.4) is 0 Å². The van der Waals surface area contributed by atoms with E-state index in [1.807, 2.05) is 0 Å². The third-order valence-electron chi connectivity index (χ3n) is 4.58. The van der Waals surface area contributed by atoms with Crippen molar-refractivity contribution in [2.75, 3.05) is 19.3 Å². The number of aryl methyl sites for hydroxylation is 1. The van der Waals surface area contributed by atoms with Crippen LogP contribution in [0.1, 0.15) is 36.8 Å². The van der Waals surface area contributed by atoms with E-state index >= 15 is 0 Å². The standard InChI is InChI=1S/C16H22N2O2S/c1-3-12-5-4-6-14-15(11-17-16(12)14)13-7-9-18(10-8-13)21(2,19)20/h4-6,11,13,17H,3,7-10H2,1-2H3. The number of aromatic nitrogens is 1. The second kappa shape index (κ2) is 5.46. The maximum absolute atomic E-state index is 11.6. The lowest BCUT2D eigenvalue weighted by atomic mass is 9.89. The van der Waals surface area contributed by atoms with Crippen LogP contribution in [0.4, 0.5) is 0 Å². The maximum Gasteiger partial charge on any atom is 0.211 e. The van der Waals surface area contributed by atoms with Gasteiger partial charge in [-0.3, -0.25) is 0 Å². The van der Waals surface area contributed by atoms with Gasteiger partial charge in [-0.25, -0.2) is 12.7 Å². The molecule has 21 heavy (non-hydrogen) atoms. The topological polar surface area (TPSA) is 53.2 Å². The molecule has 1 N–H and O–H groups in total. The van der Waals surface area contributed by atoms with Crippen molar-refractivity contribution in [2.24, 2.45) is 0 Å². The Bertz CT molecular complexity index is 741. The Morgan fingerprint density at radius 1 is 1.29 bits per heavy atom. The number of rotatable bonds is 3. The molecule has 0 aliphatic carbocycles. The summed E-state index contributed by atoms with van der Waals surface area (Å²) in [7, 11) is -3.05. The molecule has 4 nitrogen and oxygen atoms in total. The number of nitrogens with one attached hydrogen (secondary N) is 1. The third-order valence-corrected chi connectivity index (χ3v) is 5.88. The molecule has 114 valence electrons. The van der Waals surface area contributed by atoms with Gasteiger partial charge in [0.15, 0.2) is 0 Å². The number of para-hydroxylation sites is 1. The summed E-state index contributed by atoms with van der Waals surface area (Å²) < 4.78 is 24.8. The van der Waals surface area contributed by atoms with Gasteiger partial charge in [0.2, 0.25) is 10.0 Å². The highest BCUT2D eigenvalue weighted by Crippen LogP contribution is 2.34. The lowest BCUT2D eigenvalue weighted by Gasteiger charge is -2.30. The number of piperidine rings is 1. The fraction of sp³-hybridized carbons (Fsp3) is 0.500. The summed E-state index contributed by atoms with van der Waals surface area (Å²) in [6.45, 7) is 3.42. The monoisotopic (exact) mass is 306 g/mol. The Labute approximate surface area is 126 Å². The smallest absolute Gasteiger partial charge is 0.211 e. The van der Waals surface area contributed by atoms with Crippen LogP contribution in [-0.2, 0) is 16.4 Å². The molecule has 1 aliphatic heterocycles. The molecule has 2 aromatic rings. The predicted octanol–water partition coefficient (Wildman–Crippen LogP) is 2.87. The second-order valence-corrected chi connectivity index (χ2v) is 7.86. The molecule has 0 atom stereocenters.